The SMILES string of the molecule is CC(=O)N1C[C@H](c2cccc(C)c2)[C@H]2CN(C3CCCC3)CC[C@H]21. The lowest BCUT2D eigenvalue weighted by Gasteiger charge is -2.41. The van der Waals surface area contributed by atoms with Crippen molar-refractivity contribution in [1.29, 1.82) is 0 Å². The second kappa shape index (κ2) is 6.51. The van der Waals surface area contributed by atoms with Crippen LogP contribution in [0.15, 0.2) is 24.3 Å². The Kier molecular flexibility index (Phi) is 4.38. The molecule has 130 valence electrons. The van der Waals surface area contributed by atoms with Crippen LogP contribution in [0.3, 0.4) is 0 Å². The van der Waals surface area contributed by atoms with Crippen LogP contribution in [0.4, 0.5) is 0 Å². The fourth-order valence-corrected chi connectivity index (χ4v) is 5.48. The zero-order chi connectivity index (χ0) is 16.7. The third-order valence-electron chi connectivity index (χ3n) is 6.68. The maximum atomic E-state index is 12.2. The molecule has 0 aromatic heterocycles. The van der Waals surface area contributed by atoms with Crippen LogP contribution >= 0.6 is 0 Å². The van der Waals surface area contributed by atoms with Crippen molar-refractivity contribution in [2.24, 2.45) is 5.92 Å². The van der Waals surface area contributed by atoms with Gasteiger partial charge in [0, 0.05) is 50.5 Å². The van der Waals surface area contributed by atoms with Crippen LogP contribution in [-0.4, -0.2) is 47.4 Å². The zero-order valence-electron chi connectivity index (χ0n) is 15.1. The monoisotopic (exact) mass is 326 g/mol. The van der Waals surface area contributed by atoms with Gasteiger partial charge in [0.1, 0.15) is 0 Å². The molecule has 3 atom stereocenters. The topological polar surface area (TPSA) is 23.6 Å². The lowest BCUT2D eigenvalue weighted by Crippen LogP contribution is -2.50. The molecule has 1 amide bonds. The van der Waals surface area contributed by atoms with E-state index in [4.69, 9.17) is 0 Å². The van der Waals surface area contributed by atoms with Gasteiger partial charge in [-0.25, -0.2) is 0 Å². The van der Waals surface area contributed by atoms with Gasteiger partial charge in [0.05, 0.1) is 0 Å². The van der Waals surface area contributed by atoms with Gasteiger partial charge in [-0.2, -0.15) is 0 Å². The maximum absolute atomic E-state index is 12.2. The number of aryl methyl sites for hydroxylation is 1. The Balaban J connectivity index is 1.60. The molecule has 0 radical (unpaired) electrons. The Hall–Kier alpha value is -1.35. The summed E-state index contributed by atoms with van der Waals surface area (Å²) >= 11 is 0. The maximum Gasteiger partial charge on any atom is 0.219 e. The quantitative estimate of drug-likeness (QED) is 0.829. The predicted molar refractivity (Wildman–Crippen MR) is 97.0 cm³/mol. The summed E-state index contributed by atoms with van der Waals surface area (Å²) in [6, 6.07) is 10.2. The highest BCUT2D eigenvalue weighted by molar-refractivity contribution is 5.74. The summed E-state index contributed by atoms with van der Waals surface area (Å²) in [5, 5.41) is 0. The van der Waals surface area contributed by atoms with Crippen LogP contribution < -0.4 is 0 Å². The first-order chi connectivity index (χ1) is 11.6. The second-order valence-electron chi connectivity index (χ2n) is 8.15. The van der Waals surface area contributed by atoms with Crippen LogP contribution in [-0.2, 0) is 4.79 Å². The lowest BCUT2D eigenvalue weighted by atomic mass is 9.81. The molecule has 2 aliphatic heterocycles. The van der Waals surface area contributed by atoms with Crippen molar-refractivity contribution in [3.8, 4) is 0 Å². The molecule has 3 heteroatoms. The number of piperidine rings is 1. The molecule has 4 rings (SSSR count). The Morgan fingerprint density at radius 2 is 1.92 bits per heavy atom. The highest BCUT2D eigenvalue weighted by Gasteiger charge is 2.47. The number of rotatable bonds is 2. The molecule has 0 N–H and O–H groups in total. The summed E-state index contributed by atoms with van der Waals surface area (Å²) in [5.74, 6) is 1.36. The molecule has 3 aliphatic rings. The van der Waals surface area contributed by atoms with E-state index in [9.17, 15) is 4.79 Å². The third kappa shape index (κ3) is 2.88. The first kappa shape index (κ1) is 16.1. The standard InChI is InChI=1S/C21H30N2O/c1-15-6-5-7-17(12-15)19-14-23(16(2)24)21-10-11-22(13-20(19)21)18-8-3-4-9-18/h5-7,12,18-21H,3-4,8-11,13-14H2,1-2H3/t19-,20-,21-/m1/s1. The first-order valence-electron chi connectivity index (χ1n) is 9.71. The number of hydrogen-bond acceptors (Lipinski definition) is 2. The number of likely N-dealkylation sites (tertiary alicyclic amines) is 2. The highest BCUT2D eigenvalue weighted by atomic mass is 16.2. The summed E-state index contributed by atoms with van der Waals surface area (Å²) in [6.07, 6.45) is 6.71. The molecule has 2 saturated heterocycles. The summed E-state index contributed by atoms with van der Waals surface area (Å²) in [7, 11) is 0. The largest absolute Gasteiger partial charge is 0.339 e. The highest BCUT2D eigenvalue weighted by Crippen LogP contribution is 2.43. The third-order valence-corrected chi connectivity index (χ3v) is 6.68. The van der Waals surface area contributed by atoms with E-state index in [0.29, 0.717) is 17.9 Å². The molecule has 0 spiro atoms. The molecular formula is C21H30N2O. The molecule has 1 saturated carbocycles. The van der Waals surface area contributed by atoms with E-state index in [1.54, 1.807) is 6.92 Å². The van der Waals surface area contributed by atoms with Crippen LogP contribution in [0.2, 0.25) is 0 Å². The number of benzene rings is 1. The lowest BCUT2D eigenvalue weighted by molar-refractivity contribution is -0.130. The van der Waals surface area contributed by atoms with Crippen LogP contribution in [0, 0.1) is 12.8 Å². The van der Waals surface area contributed by atoms with Crippen molar-refractivity contribution in [2.45, 2.75) is 64.0 Å². The Morgan fingerprint density at radius 3 is 2.62 bits per heavy atom. The van der Waals surface area contributed by atoms with E-state index in [0.717, 1.165) is 19.0 Å². The molecule has 24 heavy (non-hydrogen) atoms. The number of carbonyl (C=O) groups excluding carboxylic acids is 1. The van der Waals surface area contributed by atoms with E-state index in [2.05, 4.69) is 41.0 Å². The van der Waals surface area contributed by atoms with Crippen molar-refractivity contribution in [3.05, 3.63) is 35.4 Å². The van der Waals surface area contributed by atoms with E-state index < -0.39 is 0 Å². The van der Waals surface area contributed by atoms with Crippen molar-refractivity contribution < 1.29 is 4.79 Å². The molecule has 3 fully saturated rings. The fourth-order valence-electron chi connectivity index (χ4n) is 5.48. The van der Waals surface area contributed by atoms with Gasteiger partial charge in [-0.3, -0.25) is 9.69 Å². The van der Waals surface area contributed by atoms with E-state index in [1.807, 2.05) is 0 Å². The van der Waals surface area contributed by atoms with Gasteiger partial charge in [-0.1, -0.05) is 42.7 Å². The average molecular weight is 326 g/mol. The first-order valence-corrected chi connectivity index (χ1v) is 9.71. The van der Waals surface area contributed by atoms with E-state index in [-0.39, 0.29) is 5.91 Å². The Morgan fingerprint density at radius 1 is 1.12 bits per heavy atom. The van der Waals surface area contributed by atoms with Gasteiger partial charge < -0.3 is 4.90 Å². The fraction of sp³-hybridized carbons (Fsp3) is 0.667. The number of nitrogens with zero attached hydrogens (tertiary/aromatic N) is 2. The molecule has 1 aromatic rings. The molecule has 1 aromatic carbocycles. The number of fused-ring (bicyclic) bond motifs is 1. The van der Waals surface area contributed by atoms with Crippen molar-refractivity contribution in [2.75, 3.05) is 19.6 Å². The van der Waals surface area contributed by atoms with Crippen LogP contribution in [0.25, 0.3) is 0 Å². The summed E-state index contributed by atoms with van der Waals surface area (Å²) < 4.78 is 0. The molecule has 2 heterocycles. The number of carbonyl (C=O) groups is 1. The normalized spacial score (nSPS) is 31.4. The van der Waals surface area contributed by atoms with Gasteiger partial charge in [-0.15, -0.1) is 0 Å². The molecule has 3 nitrogen and oxygen atoms in total. The summed E-state index contributed by atoms with van der Waals surface area (Å²) in [4.78, 5) is 17.1. The summed E-state index contributed by atoms with van der Waals surface area (Å²) in [5.41, 5.74) is 2.76. The Labute approximate surface area is 146 Å². The van der Waals surface area contributed by atoms with Crippen LogP contribution in [0.1, 0.15) is 56.1 Å². The van der Waals surface area contributed by atoms with E-state index >= 15 is 0 Å². The molecular weight excluding hydrogens is 296 g/mol. The van der Waals surface area contributed by atoms with Gasteiger partial charge >= 0.3 is 0 Å². The Bertz CT molecular complexity index is 608. The summed E-state index contributed by atoms with van der Waals surface area (Å²) in [6.45, 7) is 7.18. The van der Waals surface area contributed by atoms with E-state index in [1.165, 1.54) is 49.9 Å². The predicted octanol–water partition coefficient (Wildman–Crippen LogP) is 3.57. The second-order valence-corrected chi connectivity index (χ2v) is 8.15. The number of amides is 1. The van der Waals surface area contributed by atoms with Crippen molar-refractivity contribution in [3.63, 3.8) is 0 Å². The smallest absolute Gasteiger partial charge is 0.219 e. The molecule has 1 aliphatic carbocycles. The average Bonchev–Trinajstić information content (AvgIpc) is 3.22. The molecule has 0 bridgehead atoms. The number of hydrogen-bond donors (Lipinski definition) is 0. The minimum atomic E-state index is 0.259. The minimum absolute atomic E-state index is 0.259. The molecule has 0 unspecified atom stereocenters. The van der Waals surface area contributed by atoms with Crippen LogP contribution in [0.5, 0.6) is 0 Å². The zero-order valence-corrected chi connectivity index (χ0v) is 15.1. The van der Waals surface area contributed by atoms with Gasteiger partial charge in [-0.05, 0) is 31.7 Å². The van der Waals surface area contributed by atoms with Gasteiger partial charge in [0.25, 0.3) is 0 Å². The van der Waals surface area contributed by atoms with Crippen molar-refractivity contribution >= 4 is 5.91 Å². The van der Waals surface area contributed by atoms with Crippen molar-refractivity contribution in [1.82, 2.24) is 9.80 Å². The minimum Gasteiger partial charge on any atom is -0.339 e. The van der Waals surface area contributed by atoms with Gasteiger partial charge in [0.15, 0.2) is 0 Å². The van der Waals surface area contributed by atoms with Gasteiger partial charge in [0.2, 0.25) is 5.91 Å².